The van der Waals surface area contributed by atoms with Crippen LogP contribution in [-0.2, 0) is 19.2 Å². The molecule has 0 aliphatic carbocycles. The molecule has 1 fully saturated rings. The van der Waals surface area contributed by atoms with E-state index in [9.17, 15) is 24.0 Å². The van der Waals surface area contributed by atoms with Gasteiger partial charge in [-0.05, 0) is 20.3 Å². The Morgan fingerprint density at radius 1 is 1.19 bits per heavy atom. The summed E-state index contributed by atoms with van der Waals surface area (Å²) in [4.78, 5) is 57.9. The Bertz CT molecular complexity index is 513. The molecule has 0 aromatic carbocycles. The maximum atomic E-state index is 11.8. The van der Waals surface area contributed by atoms with Crippen LogP contribution >= 0.6 is 0 Å². The molecule has 0 unspecified atom stereocenters. The van der Waals surface area contributed by atoms with Crippen LogP contribution in [0.3, 0.4) is 0 Å². The average molecular weight is 299 g/mol. The van der Waals surface area contributed by atoms with Crippen molar-refractivity contribution in [1.82, 2.24) is 15.1 Å². The highest BCUT2D eigenvalue weighted by Gasteiger charge is 2.43. The molecule has 2 N–H and O–H groups in total. The van der Waals surface area contributed by atoms with Gasteiger partial charge in [0.25, 0.3) is 0 Å². The number of carboxylic acids is 1. The number of nitrogens with zero attached hydrogens (tertiary/aromatic N) is 2. The predicted molar refractivity (Wildman–Crippen MR) is 69.0 cm³/mol. The Kier molecular flexibility index (Phi) is 4.66. The molecular formula is C12H17N3O6. The van der Waals surface area contributed by atoms with Gasteiger partial charge in [0.05, 0.1) is 0 Å². The number of urea groups is 1. The Labute approximate surface area is 120 Å². The zero-order valence-electron chi connectivity index (χ0n) is 12.0. The number of imide groups is 2. The van der Waals surface area contributed by atoms with Crippen LogP contribution in [0.2, 0.25) is 0 Å². The summed E-state index contributed by atoms with van der Waals surface area (Å²) in [7, 11) is 1.15. The predicted octanol–water partition coefficient (Wildman–Crippen LogP) is -0.833. The molecule has 0 aromatic rings. The molecular weight excluding hydrogens is 282 g/mol. The van der Waals surface area contributed by atoms with E-state index in [0.717, 1.165) is 7.05 Å². The molecule has 0 saturated carbocycles. The smallest absolute Gasteiger partial charge is 0.334 e. The fourth-order valence-corrected chi connectivity index (χ4v) is 1.80. The van der Waals surface area contributed by atoms with Crippen LogP contribution < -0.4 is 5.32 Å². The van der Waals surface area contributed by atoms with Crippen LogP contribution in [0.15, 0.2) is 0 Å². The van der Waals surface area contributed by atoms with Gasteiger partial charge in [-0.25, -0.2) is 9.69 Å². The zero-order valence-corrected chi connectivity index (χ0v) is 12.0. The first-order valence-corrected chi connectivity index (χ1v) is 6.21. The summed E-state index contributed by atoms with van der Waals surface area (Å²) in [5.41, 5.74) is -0.808. The number of carbonyl (C=O) groups is 5. The molecule has 1 rings (SSSR count). The van der Waals surface area contributed by atoms with E-state index in [2.05, 4.69) is 5.32 Å². The number of hydrogen-bond donors (Lipinski definition) is 2. The SMILES string of the molecule is CN1C(=O)C(=O)N(CC(=O)NC(C)(C)CCC(=O)O)C1=O. The van der Waals surface area contributed by atoms with Crippen molar-refractivity contribution in [3.8, 4) is 0 Å². The highest BCUT2D eigenvalue weighted by Crippen LogP contribution is 2.13. The Balaban J connectivity index is 2.62. The minimum absolute atomic E-state index is 0.129. The lowest BCUT2D eigenvalue weighted by Gasteiger charge is -2.26. The van der Waals surface area contributed by atoms with Gasteiger partial charge in [0, 0.05) is 19.0 Å². The van der Waals surface area contributed by atoms with Crippen molar-refractivity contribution >= 4 is 29.7 Å². The standard InChI is InChI=1S/C12H17N3O6/c1-12(2,5-4-8(17)18)13-7(16)6-15-10(20)9(19)14(3)11(15)21/h4-6H2,1-3H3,(H,13,16)(H,17,18). The number of amides is 5. The van der Waals surface area contributed by atoms with E-state index < -0.39 is 41.8 Å². The van der Waals surface area contributed by atoms with Gasteiger partial charge in [-0.15, -0.1) is 0 Å². The summed E-state index contributed by atoms with van der Waals surface area (Å²) in [6.45, 7) is 2.67. The number of carbonyl (C=O) groups excluding carboxylic acids is 4. The van der Waals surface area contributed by atoms with Gasteiger partial charge in [0.1, 0.15) is 6.54 Å². The zero-order chi connectivity index (χ0) is 16.4. The van der Waals surface area contributed by atoms with Crippen LogP contribution in [-0.4, -0.2) is 63.8 Å². The second-order valence-corrected chi connectivity index (χ2v) is 5.36. The van der Waals surface area contributed by atoms with E-state index in [1.54, 1.807) is 13.8 Å². The van der Waals surface area contributed by atoms with E-state index in [4.69, 9.17) is 5.11 Å². The quantitative estimate of drug-likeness (QED) is 0.487. The normalized spacial score (nSPS) is 15.7. The number of rotatable bonds is 6. The number of hydrogen-bond acceptors (Lipinski definition) is 5. The molecule has 0 radical (unpaired) electrons. The average Bonchev–Trinajstić information content (AvgIpc) is 2.54. The second-order valence-electron chi connectivity index (χ2n) is 5.36. The van der Waals surface area contributed by atoms with Crippen molar-refractivity contribution in [2.24, 2.45) is 0 Å². The highest BCUT2D eigenvalue weighted by atomic mass is 16.4. The van der Waals surface area contributed by atoms with E-state index in [1.807, 2.05) is 0 Å². The molecule has 116 valence electrons. The summed E-state index contributed by atoms with van der Waals surface area (Å²) < 4.78 is 0. The lowest BCUT2D eigenvalue weighted by molar-refractivity contribution is -0.143. The minimum atomic E-state index is -1.05. The van der Waals surface area contributed by atoms with Crippen LogP contribution in [0, 0.1) is 0 Å². The van der Waals surface area contributed by atoms with Gasteiger partial charge in [0.2, 0.25) is 5.91 Å². The molecule has 21 heavy (non-hydrogen) atoms. The van der Waals surface area contributed by atoms with Gasteiger partial charge in [-0.3, -0.25) is 24.1 Å². The van der Waals surface area contributed by atoms with Gasteiger partial charge in [-0.1, -0.05) is 0 Å². The van der Waals surface area contributed by atoms with E-state index in [0.29, 0.717) is 9.80 Å². The molecule has 0 bridgehead atoms. The van der Waals surface area contributed by atoms with Crippen LogP contribution in [0.25, 0.3) is 0 Å². The number of likely N-dealkylation sites (N-methyl/N-ethyl adjacent to an activating group) is 1. The molecule has 0 spiro atoms. The highest BCUT2D eigenvalue weighted by molar-refractivity contribution is 6.44. The lowest BCUT2D eigenvalue weighted by atomic mass is 9.98. The summed E-state index contributed by atoms with van der Waals surface area (Å²) in [5.74, 6) is -3.68. The van der Waals surface area contributed by atoms with Gasteiger partial charge in [-0.2, -0.15) is 0 Å². The Morgan fingerprint density at radius 3 is 2.19 bits per heavy atom. The van der Waals surface area contributed by atoms with Gasteiger partial charge in [0.15, 0.2) is 0 Å². The Morgan fingerprint density at radius 2 is 1.76 bits per heavy atom. The van der Waals surface area contributed by atoms with Crippen molar-refractivity contribution < 1.29 is 29.1 Å². The number of aliphatic carboxylic acids is 1. The first-order chi connectivity index (χ1) is 9.55. The van der Waals surface area contributed by atoms with E-state index in [-0.39, 0.29) is 12.8 Å². The third kappa shape index (κ3) is 4.01. The molecule has 1 aliphatic rings. The van der Waals surface area contributed by atoms with E-state index >= 15 is 0 Å². The maximum absolute atomic E-state index is 11.8. The summed E-state index contributed by atoms with van der Waals surface area (Å²) in [6.07, 6.45) is 0.0604. The molecule has 5 amide bonds. The van der Waals surface area contributed by atoms with Crippen molar-refractivity contribution in [3.63, 3.8) is 0 Å². The summed E-state index contributed by atoms with van der Waals surface area (Å²) in [6, 6.07) is -0.858. The molecule has 0 aromatic heterocycles. The van der Waals surface area contributed by atoms with E-state index in [1.165, 1.54) is 0 Å². The van der Waals surface area contributed by atoms with Crippen molar-refractivity contribution in [3.05, 3.63) is 0 Å². The molecule has 9 nitrogen and oxygen atoms in total. The summed E-state index contributed by atoms with van der Waals surface area (Å²) in [5, 5.41) is 11.1. The summed E-state index contributed by atoms with van der Waals surface area (Å²) >= 11 is 0. The molecule has 1 saturated heterocycles. The monoisotopic (exact) mass is 299 g/mol. The minimum Gasteiger partial charge on any atom is -0.481 e. The molecule has 1 heterocycles. The molecule has 0 atom stereocenters. The van der Waals surface area contributed by atoms with Crippen molar-refractivity contribution in [2.45, 2.75) is 32.2 Å². The second kappa shape index (κ2) is 5.90. The molecule has 9 heteroatoms. The first-order valence-electron chi connectivity index (χ1n) is 6.21. The fourth-order valence-electron chi connectivity index (χ4n) is 1.80. The topological polar surface area (TPSA) is 124 Å². The van der Waals surface area contributed by atoms with Crippen LogP contribution in [0.4, 0.5) is 4.79 Å². The first kappa shape index (κ1) is 16.6. The van der Waals surface area contributed by atoms with Gasteiger partial charge < -0.3 is 10.4 Å². The number of nitrogens with one attached hydrogen (secondary N) is 1. The largest absolute Gasteiger partial charge is 0.481 e. The fraction of sp³-hybridized carbons (Fsp3) is 0.583. The van der Waals surface area contributed by atoms with Crippen molar-refractivity contribution in [2.75, 3.05) is 13.6 Å². The lowest BCUT2D eigenvalue weighted by Crippen LogP contribution is -2.49. The third-order valence-electron chi connectivity index (χ3n) is 2.99. The maximum Gasteiger partial charge on any atom is 0.334 e. The molecule has 1 aliphatic heterocycles. The third-order valence-corrected chi connectivity index (χ3v) is 2.99. The van der Waals surface area contributed by atoms with Crippen molar-refractivity contribution in [1.29, 1.82) is 0 Å². The van der Waals surface area contributed by atoms with Crippen LogP contribution in [0.1, 0.15) is 26.7 Å². The number of carboxylic acid groups (broad SMARTS) is 1. The van der Waals surface area contributed by atoms with Crippen LogP contribution in [0.5, 0.6) is 0 Å². The Hall–Kier alpha value is -2.45. The van der Waals surface area contributed by atoms with Gasteiger partial charge >= 0.3 is 23.8 Å².